The highest BCUT2D eigenvalue weighted by Crippen LogP contribution is 2.46. The van der Waals surface area contributed by atoms with E-state index in [0.717, 1.165) is 16.7 Å². The van der Waals surface area contributed by atoms with Crippen molar-refractivity contribution in [1.29, 1.82) is 0 Å². The molecule has 0 saturated carbocycles. The van der Waals surface area contributed by atoms with Crippen LogP contribution >= 0.6 is 11.3 Å². The topological polar surface area (TPSA) is 38.7 Å². The molecule has 0 unspecified atom stereocenters. The van der Waals surface area contributed by atoms with Gasteiger partial charge < -0.3 is 0 Å². The predicted octanol–water partition coefficient (Wildman–Crippen LogP) is 14.9. The molecule has 336 valence electrons. The van der Waals surface area contributed by atoms with E-state index in [4.69, 9.17) is 15.0 Å². The zero-order valence-electron chi connectivity index (χ0n) is 40.7. The highest BCUT2D eigenvalue weighted by molar-refractivity contribution is 7.26. The second kappa shape index (κ2) is 17.6. The molecule has 7 heteroatoms. The number of aromatic nitrogens is 3. The number of benzene rings is 8. The molecule has 8 aromatic carbocycles. The van der Waals surface area contributed by atoms with E-state index in [2.05, 4.69) is 217 Å². The lowest BCUT2D eigenvalue weighted by Crippen LogP contribution is -2.40. The van der Waals surface area contributed by atoms with Crippen LogP contribution in [-0.4, -0.2) is 39.2 Å². The van der Waals surface area contributed by atoms with E-state index in [0.29, 0.717) is 17.5 Å². The van der Waals surface area contributed by atoms with Crippen LogP contribution in [0.15, 0.2) is 194 Å². The molecule has 0 radical (unpaired) electrons. The Morgan fingerprint density at radius 2 is 0.735 bits per heavy atom. The fourth-order valence-corrected chi connectivity index (χ4v) is 14.3. The molecule has 0 bridgehead atoms. The second-order valence-electron chi connectivity index (χ2n) is 21.3. The first-order chi connectivity index (χ1) is 32.6. The molecule has 0 N–H and O–H groups in total. The Labute approximate surface area is 409 Å². The summed E-state index contributed by atoms with van der Waals surface area (Å²) in [6.07, 6.45) is 0. The minimum Gasteiger partial charge on any atom is -0.208 e. The van der Waals surface area contributed by atoms with Crippen molar-refractivity contribution in [1.82, 2.24) is 15.0 Å². The molecule has 0 spiro atoms. The Balaban J connectivity index is 1.13. The summed E-state index contributed by atoms with van der Waals surface area (Å²) >= 11 is 1.82. The standard InChI is InChI=1S/C61H59N3SSi3/c1-66(2,3)50-34-28-47(29-35-50)61(48-30-36-51(37-31-48)67(4,5)6,49-32-38-52(39-33-49)68(7,8)9)46-26-23-42(24-27-46)45-25-40-55-54(41-45)57-53(21-16-22-56(57)65-55)60-63-58(43-17-12-10-13-18-43)62-59(64-60)44-19-14-11-15-20-44/h10-41H,1-9H3. The lowest BCUT2D eigenvalue weighted by molar-refractivity contribution is 0.746. The smallest absolute Gasteiger partial charge is 0.164 e. The van der Waals surface area contributed by atoms with Gasteiger partial charge in [0.05, 0.1) is 29.6 Å². The van der Waals surface area contributed by atoms with E-state index in [1.54, 1.807) is 0 Å². The number of hydrogen-bond acceptors (Lipinski definition) is 4. The first kappa shape index (κ1) is 45.4. The van der Waals surface area contributed by atoms with Crippen LogP contribution in [0.2, 0.25) is 58.9 Å². The Morgan fingerprint density at radius 1 is 0.338 bits per heavy atom. The zero-order chi connectivity index (χ0) is 47.4. The molecule has 0 aliphatic rings. The van der Waals surface area contributed by atoms with Gasteiger partial charge in [0, 0.05) is 36.9 Å². The fourth-order valence-electron chi connectivity index (χ4n) is 9.70. The van der Waals surface area contributed by atoms with Crippen LogP contribution in [0.25, 0.3) is 65.5 Å². The Hall–Kier alpha value is -6.36. The van der Waals surface area contributed by atoms with Gasteiger partial charge in [0.2, 0.25) is 0 Å². The van der Waals surface area contributed by atoms with Crippen molar-refractivity contribution in [3.63, 3.8) is 0 Å². The molecule has 10 rings (SSSR count). The zero-order valence-corrected chi connectivity index (χ0v) is 44.5. The largest absolute Gasteiger partial charge is 0.208 e. The van der Waals surface area contributed by atoms with E-state index in [1.165, 1.54) is 69.1 Å². The fraction of sp³-hybridized carbons (Fsp3) is 0.164. The Kier molecular flexibility index (Phi) is 11.8. The summed E-state index contributed by atoms with van der Waals surface area (Å²) in [4.78, 5) is 15.3. The van der Waals surface area contributed by atoms with E-state index in [9.17, 15) is 0 Å². The van der Waals surface area contributed by atoms with Gasteiger partial charge in [0.15, 0.2) is 17.5 Å². The average molecular weight is 950 g/mol. The summed E-state index contributed by atoms with van der Waals surface area (Å²) in [7, 11) is -4.63. The monoisotopic (exact) mass is 949 g/mol. The summed E-state index contributed by atoms with van der Waals surface area (Å²) in [5.74, 6) is 1.99. The van der Waals surface area contributed by atoms with E-state index < -0.39 is 29.6 Å². The molecule has 2 aromatic heterocycles. The van der Waals surface area contributed by atoms with Crippen LogP contribution in [0.3, 0.4) is 0 Å². The summed E-state index contributed by atoms with van der Waals surface area (Å²) in [5.41, 5.74) is 9.85. The van der Waals surface area contributed by atoms with E-state index >= 15 is 0 Å². The van der Waals surface area contributed by atoms with Crippen molar-refractivity contribution in [2.45, 2.75) is 64.3 Å². The highest BCUT2D eigenvalue weighted by Gasteiger charge is 2.39. The van der Waals surface area contributed by atoms with Gasteiger partial charge >= 0.3 is 0 Å². The molecule has 0 aliphatic heterocycles. The molecule has 0 atom stereocenters. The molecule has 0 saturated heterocycles. The molecular formula is C61H59N3SSi3. The van der Waals surface area contributed by atoms with Crippen molar-refractivity contribution >= 4 is 71.3 Å². The normalized spacial score (nSPS) is 12.5. The molecule has 0 amide bonds. The van der Waals surface area contributed by atoms with Gasteiger partial charge in [-0.3, -0.25) is 0 Å². The van der Waals surface area contributed by atoms with Crippen LogP contribution in [0.5, 0.6) is 0 Å². The quantitative estimate of drug-likeness (QED) is 0.0958. The third kappa shape index (κ3) is 8.58. The maximum atomic E-state index is 5.16. The van der Waals surface area contributed by atoms with Crippen LogP contribution in [0.4, 0.5) is 0 Å². The van der Waals surface area contributed by atoms with Crippen molar-refractivity contribution in [2.75, 3.05) is 0 Å². The van der Waals surface area contributed by atoms with Gasteiger partial charge in [0.1, 0.15) is 0 Å². The number of nitrogens with zero attached hydrogens (tertiary/aromatic N) is 3. The molecule has 2 heterocycles. The van der Waals surface area contributed by atoms with E-state index in [1.807, 2.05) is 47.7 Å². The lowest BCUT2D eigenvalue weighted by Gasteiger charge is -2.38. The summed E-state index contributed by atoms with van der Waals surface area (Å²) < 4.78 is 2.44. The second-order valence-corrected chi connectivity index (χ2v) is 37.7. The van der Waals surface area contributed by atoms with Gasteiger partial charge in [-0.15, -0.1) is 11.3 Å². The maximum absolute atomic E-state index is 5.16. The van der Waals surface area contributed by atoms with Crippen molar-refractivity contribution in [3.8, 4) is 45.3 Å². The van der Waals surface area contributed by atoms with Gasteiger partial charge in [-0.2, -0.15) is 0 Å². The molecule has 3 nitrogen and oxygen atoms in total. The van der Waals surface area contributed by atoms with Gasteiger partial charge in [-0.25, -0.2) is 15.0 Å². The number of fused-ring (bicyclic) bond motifs is 3. The van der Waals surface area contributed by atoms with Gasteiger partial charge in [-0.05, 0) is 51.6 Å². The summed E-state index contributed by atoms with van der Waals surface area (Å²) in [6, 6.07) is 72.3. The lowest BCUT2D eigenvalue weighted by atomic mass is 9.65. The molecule has 0 fully saturated rings. The van der Waals surface area contributed by atoms with Crippen molar-refractivity contribution in [2.24, 2.45) is 0 Å². The minimum absolute atomic E-state index is 0.545. The van der Waals surface area contributed by atoms with Crippen LogP contribution in [0, 0.1) is 0 Å². The molecule has 68 heavy (non-hydrogen) atoms. The first-order valence-electron chi connectivity index (χ1n) is 23.8. The minimum atomic E-state index is -1.54. The third-order valence-electron chi connectivity index (χ3n) is 13.6. The van der Waals surface area contributed by atoms with Gasteiger partial charge in [-0.1, -0.05) is 250 Å². The Bertz CT molecular complexity index is 3200. The third-order valence-corrected chi connectivity index (χ3v) is 21.0. The Morgan fingerprint density at radius 3 is 1.16 bits per heavy atom. The average Bonchev–Trinajstić information content (AvgIpc) is 3.73. The van der Waals surface area contributed by atoms with Crippen molar-refractivity contribution < 1.29 is 0 Å². The molecule has 10 aromatic rings. The summed E-state index contributed by atoms with van der Waals surface area (Å²) in [5, 5.41) is 6.78. The van der Waals surface area contributed by atoms with Crippen molar-refractivity contribution in [3.05, 3.63) is 216 Å². The first-order valence-corrected chi connectivity index (χ1v) is 35.2. The number of thiophene rings is 1. The van der Waals surface area contributed by atoms with Crippen LogP contribution in [-0.2, 0) is 5.41 Å². The van der Waals surface area contributed by atoms with Crippen LogP contribution in [0.1, 0.15) is 22.3 Å². The summed E-state index contributed by atoms with van der Waals surface area (Å²) in [6.45, 7) is 21.9. The SMILES string of the molecule is C[Si](C)(C)c1ccc(C(c2ccc(-c3ccc4sc5cccc(-c6nc(-c7ccccc7)nc(-c7ccccc7)n6)c5c4c3)cc2)(c2ccc([Si](C)(C)C)cc2)c2ccc([Si](C)(C)C)cc2)cc1. The van der Waals surface area contributed by atoms with Crippen LogP contribution < -0.4 is 15.6 Å². The molecule has 0 aliphatic carbocycles. The number of hydrogen-bond donors (Lipinski definition) is 0. The van der Waals surface area contributed by atoms with E-state index in [-0.39, 0.29) is 0 Å². The molecular weight excluding hydrogens is 891 g/mol. The highest BCUT2D eigenvalue weighted by atomic mass is 32.1. The predicted molar refractivity (Wildman–Crippen MR) is 302 cm³/mol. The maximum Gasteiger partial charge on any atom is 0.164 e. The number of rotatable bonds is 11. The van der Waals surface area contributed by atoms with Gasteiger partial charge in [0.25, 0.3) is 0 Å².